The lowest BCUT2D eigenvalue weighted by Gasteiger charge is -2.04. The van der Waals surface area contributed by atoms with E-state index < -0.39 is 0 Å². The average molecular weight is 100 g/mol. The Hall–Kier alpha value is -0.510. The molecule has 0 aromatic carbocycles. The molecule has 0 aliphatic carbocycles. The topological polar surface area (TPSA) is 0 Å². The molecular formula is C6H9F. The van der Waals surface area contributed by atoms with Crippen molar-refractivity contribution in [2.75, 3.05) is 0 Å². The summed E-state index contributed by atoms with van der Waals surface area (Å²) >= 11 is 0. The highest BCUT2D eigenvalue weighted by molar-refractivity contribution is 5.01. The second kappa shape index (κ2) is 1.97. The van der Waals surface area contributed by atoms with E-state index in [-0.39, 0.29) is 5.41 Å². The summed E-state index contributed by atoms with van der Waals surface area (Å²) in [5.74, 6) is 2.37. The summed E-state index contributed by atoms with van der Waals surface area (Å²) in [5.41, 5.74) is -0.186. The molecule has 1 heteroatoms. The second-order valence-corrected chi connectivity index (χ2v) is 2.47. The van der Waals surface area contributed by atoms with Crippen molar-refractivity contribution >= 4 is 0 Å². The summed E-state index contributed by atoms with van der Waals surface area (Å²) in [5, 5.41) is 0. The zero-order chi connectivity index (χ0) is 5.91. The first-order chi connectivity index (χ1) is 3.06. The van der Waals surface area contributed by atoms with Gasteiger partial charge in [-0.25, -0.2) is 0 Å². The van der Waals surface area contributed by atoms with E-state index in [4.69, 9.17) is 0 Å². The molecule has 0 bridgehead atoms. The van der Waals surface area contributed by atoms with Crippen LogP contribution in [-0.4, -0.2) is 0 Å². The van der Waals surface area contributed by atoms with Crippen molar-refractivity contribution in [1.29, 1.82) is 0 Å². The fraction of sp³-hybridized carbons (Fsp3) is 0.667. The summed E-state index contributed by atoms with van der Waals surface area (Å²) in [6.07, 6.45) is 1.36. The largest absolute Gasteiger partial charge is 0.144 e. The van der Waals surface area contributed by atoms with E-state index in [2.05, 4.69) is 5.92 Å². The smallest absolute Gasteiger partial charge is 0.106 e. The van der Waals surface area contributed by atoms with Gasteiger partial charge in [-0.2, -0.15) is 0 Å². The lowest BCUT2D eigenvalue weighted by atomic mass is 9.99. The van der Waals surface area contributed by atoms with Gasteiger partial charge in [-0.05, 0) is 20.8 Å². The van der Waals surface area contributed by atoms with Crippen LogP contribution in [0.5, 0.6) is 0 Å². The van der Waals surface area contributed by atoms with Crippen molar-refractivity contribution in [3.05, 3.63) is 0 Å². The lowest BCUT2D eigenvalue weighted by molar-refractivity contribution is 0.565. The SMILES string of the molecule is CC(C)(C)C#CF. The van der Waals surface area contributed by atoms with Gasteiger partial charge in [-0.3, -0.25) is 0 Å². The maximum atomic E-state index is 11.1. The Balaban J connectivity index is 3.72. The molecule has 0 spiro atoms. The maximum absolute atomic E-state index is 11.1. The Labute approximate surface area is 43.7 Å². The quantitative estimate of drug-likeness (QED) is 0.408. The molecule has 0 nitrogen and oxygen atoms in total. The van der Waals surface area contributed by atoms with Gasteiger partial charge in [0.05, 0.1) is 0 Å². The summed E-state index contributed by atoms with van der Waals surface area (Å²) in [4.78, 5) is 0. The van der Waals surface area contributed by atoms with Gasteiger partial charge in [0.1, 0.15) is 6.17 Å². The van der Waals surface area contributed by atoms with Crippen molar-refractivity contribution in [3.8, 4) is 12.1 Å². The molecule has 0 aromatic heterocycles. The highest BCUT2D eigenvalue weighted by atomic mass is 19.1. The molecule has 0 atom stereocenters. The normalized spacial score (nSPS) is 9.71. The second-order valence-electron chi connectivity index (χ2n) is 2.47. The molecule has 0 aromatic rings. The van der Waals surface area contributed by atoms with Crippen LogP contribution in [0.1, 0.15) is 20.8 Å². The van der Waals surface area contributed by atoms with Crippen LogP contribution in [0, 0.1) is 17.5 Å². The molecule has 0 radical (unpaired) electrons. The van der Waals surface area contributed by atoms with Crippen molar-refractivity contribution in [3.63, 3.8) is 0 Å². The van der Waals surface area contributed by atoms with Gasteiger partial charge in [0.15, 0.2) is 0 Å². The molecule has 0 aliphatic heterocycles. The highest BCUT2D eigenvalue weighted by Gasteiger charge is 2.02. The fourth-order valence-electron chi connectivity index (χ4n) is 0.142. The fourth-order valence-corrected chi connectivity index (χ4v) is 0.142. The Morgan fingerprint density at radius 3 is 1.71 bits per heavy atom. The van der Waals surface area contributed by atoms with E-state index in [1.807, 2.05) is 20.8 Å². The summed E-state index contributed by atoms with van der Waals surface area (Å²) in [6, 6.07) is 0. The van der Waals surface area contributed by atoms with Crippen molar-refractivity contribution < 1.29 is 4.39 Å². The third-order valence-electron chi connectivity index (χ3n) is 0.422. The van der Waals surface area contributed by atoms with E-state index in [1.54, 1.807) is 0 Å². The Morgan fingerprint density at radius 2 is 1.71 bits per heavy atom. The van der Waals surface area contributed by atoms with Gasteiger partial charge in [0.25, 0.3) is 0 Å². The van der Waals surface area contributed by atoms with Gasteiger partial charge < -0.3 is 0 Å². The van der Waals surface area contributed by atoms with Crippen molar-refractivity contribution in [2.24, 2.45) is 5.41 Å². The minimum absolute atomic E-state index is 0.186. The molecule has 0 heterocycles. The van der Waals surface area contributed by atoms with Crippen molar-refractivity contribution in [1.82, 2.24) is 0 Å². The Morgan fingerprint density at radius 1 is 1.29 bits per heavy atom. The molecule has 0 fully saturated rings. The van der Waals surface area contributed by atoms with Gasteiger partial charge >= 0.3 is 0 Å². The van der Waals surface area contributed by atoms with Crippen LogP contribution in [0.3, 0.4) is 0 Å². The third kappa shape index (κ3) is 5.49. The molecule has 40 valence electrons. The minimum Gasteiger partial charge on any atom is -0.144 e. The van der Waals surface area contributed by atoms with Gasteiger partial charge in [-0.15, -0.1) is 4.39 Å². The predicted molar refractivity (Wildman–Crippen MR) is 28.3 cm³/mol. The minimum atomic E-state index is -0.186. The Bertz CT molecular complexity index is 97.6. The first-order valence-electron chi connectivity index (χ1n) is 2.19. The van der Waals surface area contributed by atoms with Crippen LogP contribution < -0.4 is 0 Å². The molecule has 0 rings (SSSR count). The first-order valence-corrected chi connectivity index (χ1v) is 2.19. The Kier molecular flexibility index (Phi) is 1.83. The molecule has 0 aliphatic rings. The highest BCUT2D eigenvalue weighted by Crippen LogP contribution is 2.09. The summed E-state index contributed by atoms with van der Waals surface area (Å²) in [6.45, 7) is 5.58. The molecule has 0 unspecified atom stereocenters. The summed E-state index contributed by atoms with van der Waals surface area (Å²) < 4.78 is 11.1. The standard InChI is InChI=1S/C6H9F/c1-6(2,3)4-5-7/h1-3H3. The maximum Gasteiger partial charge on any atom is 0.106 e. The van der Waals surface area contributed by atoms with Crippen LogP contribution in [0.15, 0.2) is 0 Å². The third-order valence-corrected chi connectivity index (χ3v) is 0.422. The predicted octanol–water partition coefficient (Wildman–Crippen LogP) is 1.96. The molecule has 0 N–H and O–H groups in total. The summed E-state index contributed by atoms with van der Waals surface area (Å²) in [7, 11) is 0. The molecule has 7 heavy (non-hydrogen) atoms. The number of hydrogen-bond acceptors (Lipinski definition) is 0. The van der Waals surface area contributed by atoms with Crippen LogP contribution in [0.2, 0.25) is 0 Å². The van der Waals surface area contributed by atoms with E-state index in [9.17, 15) is 4.39 Å². The molecule has 0 amide bonds. The van der Waals surface area contributed by atoms with Crippen LogP contribution in [0.4, 0.5) is 4.39 Å². The van der Waals surface area contributed by atoms with E-state index in [1.165, 1.54) is 6.17 Å². The van der Waals surface area contributed by atoms with Crippen LogP contribution in [-0.2, 0) is 0 Å². The van der Waals surface area contributed by atoms with Crippen LogP contribution in [0.25, 0.3) is 0 Å². The van der Waals surface area contributed by atoms with Crippen molar-refractivity contribution in [2.45, 2.75) is 20.8 Å². The molecular weight excluding hydrogens is 91.1 g/mol. The lowest BCUT2D eigenvalue weighted by Crippen LogP contribution is -1.98. The zero-order valence-corrected chi connectivity index (χ0v) is 4.88. The van der Waals surface area contributed by atoms with Crippen LogP contribution >= 0.6 is 0 Å². The van der Waals surface area contributed by atoms with Gasteiger partial charge in [0, 0.05) is 5.41 Å². The zero-order valence-electron chi connectivity index (χ0n) is 4.88. The van der Waals surface area contributed by atoms with E-state index in [0.717, 1.165) is 0 Å². The van der Waals surface area contributed by atoms with E-state index in [0.29, 0.717) is 0 Å². The van der Waals surface area contributed by atoms with Gasteiger partial charge in [-0.1, -0.05) is 5.92 Å². The molecule has 0 saturated carbocycles. The monoisotopic (exact) mass is 100 g/mol. The average Bonchev–Trinajstić information content (AvgIpc) is 1.30. The number of halogens is 1. The first kappa shape index (κ1) is 6.49. The van der Waals surface area contributed by atoms with Gasteiger partial charge in [0.2, 0.25) is 0 Å². The molecule has 0 saturated heterocycles. The number of hydrogen-bond donors (Lipinski definition) is 0. The van der Waals surface area contributed by atoms with E-state index >= 15 is 0 Å². The number of rotatable bonds is 0.